The summed E-state index contributed by atoms with van der Waals surface area (Å²) in [4.78, 5) is 23.6. The minimum atomic E-state index is -1.70. The highest BCUT2D eigenvalue weighted by molar-refractivity contribution is 5.97. The second-order valence-corrected chi connectivity index (χ2v) is 4.66. The molecule has 1 aliphatic heterocycles. The number of nitro groups is 1. The van der Waals surface area contributed by atoms with Crippen LogP contribution in [0.15, 0.2) is 18.2 Å². The van der Waals surface area contributed by atoms with E-state index in [-0.39, 0.29) is 22.7 Å². The van der Waals surface area contributed by atoms with E-state index in [0.717, 1.165) is 6.07 Å². The Hall–Kier alpha value is -1.99. The van der Waals surface area contributed by atoms with Gasteiger partial charge in [-0.2, -0.15) is 0 Å². The van der Waals surface area contributed by atoms with E-state index in [1.54, 1.807) is 6.92 Å². The fourth-order valence-corrected chi connectivity index (χ4v) is 2.32. The van der Waals surface area contributed by atoms with E-state index >= 15 is 0 Å². The molecule has 0 spiro atoms. The number of nitro benzene ring substituents is 1. The van der Waals surface area contributed by atoms with Crippen LogP contribution in [0.3, 0.4) is 0 Å². The van der Waals surface area contributed by atoms with Crippen molar-refractivity contribution in [3.8, 4) is 0 Å². The molecule has 1 amide bonds. The van der Waals surface area contributed by atoms with Gasteiger partial charge in [0.15, 0.2) is 0 Å². The van der Waals surface area contributed by atoms with E-state index in [1.165, 1.54) is 24.1 Å². The molecule has 2 rings (SSSR count). The molecule has 7 nitrogen and oxygen atoms in total. The van der Waals surface area contributed by atoms with Crippen LogP contribution in [0.2, 0.25) is 0 Å². The van der Waals surface area contributed by atoms with Crippen LogP contribution in [0.1, 0.15) is 22.8 Å². The van der Waals surface area contributed by atoms with Crippen LogP contribution < -0.4 is 0 Å². The number of aliphatic hydroxyl groups is 2. The monoisotopic (exact) mass is 266 g/mol. The van der Waals surface area contributed by atoms with Crippen molar-refractivity contribution >= 4 is 11.6 Å². The van der Waals surface area contributed by atoms with Crippen molar-refractivity contribution in [3.05, 3.63) is 39.4 Å². The molecule has 0 saturated carbocycles. The van der Waals surface area contributed by atoms with Gasteiger partial charge in [-0.1, -0.05) is 0 Å². The normalized spacial score (nSPS) is 26.2. The summed E-state index contributed by atoms with van der Waals surface area (Å²) in [5.74, 6) is -0.337. The molecule has 2 N–H and O–H groups in total. The predicted octanol–water partition coefficient (Wildman–Crippen LogP) is 0.249. The molecular formula is C12H14N2O5. The zero-order chi connectivity index (χ0) is 14.4. The molecule has 1 aromatic rings. The van der Waals surface area contributed by atoms with Gasteiger partial charge < -0.3 is 15.1 Å². The standard InChI is InChI=1S/C12H14N2O5/c1-7-12(17,6-15)10-5-8(14(18)19)3-4-9(10)11(16)13(7)2/h3-5,7,15,17H,6H2,1-2H3. The molecular weight excluding hydrogens is 252 g/mol. The summed E-state index contributed by atoms with van der Waals surface area (Å²) >= 11 is 0. The molecule has 1 aliphatic rings. The quantitative estimate of drug-likeness (QED) is 0.589. The highest BCUT2D eigenvalue weighted by Gasteiger charge is 2.46. The largest absolute Gasteiger partial charge is 0.393 e. The molecule has 7 heteroatoms. The number of hydrogen-bond acceptors (Lipinski definition) is 5. The number of benzene rings is 1. The first-order valence-corrected chi connectivity index (χ1v) is 5.72. The fraction of sp³-hybridized carbons (Fsp3) is 0.417. The number of likely N-dealkylation sites (N-methyl/N-ethyl adjacent to an activating group) is 1. The molecule has 0 fully saturated rings. The number of hydrogen-bond donors (Lipinski definition) is 2. The minimum Gasteiger partial charge on any atom is -0.393 e. The third-order valence-electron chi connectivity index (χ3n) is 3.74. The summed E-state index contributed by atoms with van der Waals surface area (Å²) in [5.41, 5.74) is -1.66. The van der Waals surface area contributed by atoms with Crippen LogP contribution in [0.5, 0.6) is 0 Å². The Labute approximate surface area is 109 Å². The Morgan fingerprint density at radius 2 is 2.16 bits per heavy atom. The van der Waals surface area contributed by atoms with Gasteiger partial charge in [0.1, 0.15) is 5.60 Å². The fourth-order valence-electron chi connectivity index (χ4n) is 2.32. The maximum Gasteiger partial charge on any atom is 0.269 e. The number of non-ortho nitro benzene ring substituents is 1. The SMILES string of the molecule is CC1N(C)C(=O)c2ccc([N+](=O)[O-])cc2C1(O)CO. The van der Waals surface area contributed by atoms with Gasteiger partial charge in [-0.3, -0.25) is 14.9 Å². The van der Waals surface area contributed by atoms with Crippen molar-refractivity contribution < 1.29 is 19.9 Å². The molecule has 2 atom stereocenters. The Morgan fingerprint density at radius 1 is 1.53 bits per heavy atom. The Bertz CT molecular complexity index is 559. The van der Waals surface area contributed by atoms with Gasteiger partial charge >= 0.3 is 0 Å². The average Bonchev–Trinajstić information content (AvgIpc) is 2.42. The molecule has 1 heterocycles. The topological polar surface area (TPSA) is 104 Å². The first kappa shape index (κ1) is 13.4. The first-order valence-electron chi connectivity index (χ1n) is 5.72. The Morgan fingerprint density at radius 3 is 2.68 bits per heavy atom. The van der Waals surface area contributed by atoms with Crippen LogP contribution in [0.25, 0.3) is 0 Å². The third kappa shape index (κ3) is 1.78. The van der Waals surface area contributed by atoms with Crippen molar-refractivity contribution in [1.82, 2.24) is 4.90 Å². The lowest BCUT2D eigenvalue weighted by Crippen LogP contribution is -2.56. The van der Waals surface area contributed by atoms with Gasteiger partial charge in [0, 0.05) is 30.3 Å². The number of fused-ring (bicyclic) bond motifs is 1. The first-order chi connectivity index (χ1) is 8.82. The summed E-state index contributed by atoms with van der Waals surface area (Å²) < 4.78 is 0. The van der Waals surface area contributed by atoms with Crippen LogP contribution >= 0.6 is 0 Å². The minimum absolute atomic E-state index is 0.0970. The highest BCUT2D eigenvalue weighted by atomic mass is 16.6. The average molecular weight is 266 g/mol. The van der Waals surface area contributed by atoms with E-state index in [2.05, 4.69) is 0 Å². The highest BCUT2D eigenvalue weighted by Crippen LogP contribution is 2.37. The van der Waals surface area contributed by atoms with Crippen molar-refractivity contribution in [2.24, 2.45) is 0 Å². The lowest BCUT2D eigenvalue weighted by atomic mass is 9.80. The number of rotatable bonds is 2. The Balaban J connectivity index is 2.70. The summed E-state index contributed by atoms with van der Waals surface area (Å²) in [5, 5.41) is 30.8. The van der Waals surface area contributed by atoms with Gasteiger partial charge in [0.25, 0.3) is 11.6 Å². The maximum absolute atomic E-state index is 12.1. The van der Waals surface area contributed by atoms with Gasteiger partial charge in [0.05, 0.1) is 17.6 Å². The lowest BCUT2D eigenvalue weighted by Gasteiger charge is -2.43. The second-order valence-electron chi connectivity index (χ2n) is 4.66. The third-order valence-corrected chi connectivity index (χ3v) is 3.74. The van der Waals surface area contributed by atoms with E-state index in [1.807, 2.05) is 0 Å². The van der Waals surface area contributed by atoms with Crippen molar-refractivity contribution in [2.75, 3.05) is 13.7 Å². The van der Waals surface area contributed by atoms with Crippen LogP contribution in [-0.2, 0) is 5.60 Å². The summed E-state index contributed by atoms with van der Waals surface area (Å²) in [6, 6.07) is 2.98. The smallest absolute Gasteiger partial charge is 0.269 e. The van der Waals surface area contributed by atoms with E-state index in [0.29, 0.717) is 0 Å². The maximum atomic E-state index is 12.1. The zero-order valence-electron chi connectivity index (χ0n) is 10.5. The molecule has 102 valence electrons. The van der Waals surface area contributed by atoms with Crippen LogP contribution in [-0.4, -0.2) is 45.6 Å². The molecule has 0 radical (unpaired) electrons. The van der Waals surface area contributed by atoms with E-state index in [9.17, 15) is 25.1 Å². The number of aliphatic hydroxyl groups excluding tert-OH is 1. The molecule has 19 heavy (non-hydrogen) atoms. The Kier molecular flexibility index (Phi) is 3.03. The molecule has 0 saturated heterocycles. The van der Waals surface area contributed by atoms with Crippen LogP contribution in [0, 0.1) is 10.1 Å². The van der Waals surface area contributed by atoms with E-state index < -0.39 is 23.2 Å². The van der Waals surface area contributed by atoms with Crippen molar-refractivity contribution in [1.29, 1.82) is 0 Å². The number of carbonyl (C=O) groups is 1. The molecule has 0 aliphatic carbocycles. The van der Waals surface area contributed by atoms with Gasteiger partial charge in [-0.15, -0.1) is 0 Å². The number of nitrogens with zero attached hydrogens (tertiary/aromatic N) is 2. The number of amides is 1. The summed E-state index contributed by atoms with van der Waals surface area (Å²) in [6.45, 7) is 0.954. The zero-order valence-corrected chi connectivity index (χ0v) is 10.5. The molecule has 1 aromatic carbocycles. The molecule has 0 aromatic heterocycles. The number of carbonyl (C=O) groups excluding carboxylic acids is 1. The van der Waals surface area contributed by atoms with Gasteiger partial charge in [0.2, 0.25) is 0 Å². The van der Waals surface area contributed by atoms with E-state index in [4.69, 9.17) is 0 Å². The predicted molar refractivity (Wildman–Crippen MR) is 65.6 cm³/mol. The molecule has 2 unspecified atom stereocenters. The molecule has 0 bridgehead atoms. The summed E-state index contributed by atoms with van der Waals surface area (Å²) in [6.07, 6.45) is 0. The van der Waals surface area contributed by atoms with Crippen molar-refractivity contribution in [3.63, 3.8) is 0 Å². The lowest BCUT2D eigenvalue weighted by molar-refractivity contribution is -0.385. The van der Waals surface area contributed by atoms with Gasteiger partial charge in [-0.05, 0) is 13.0 Å². The second kappa shape index (κ2) is 4.29. The summed E-state index contributed by atoms with van der Waals surface area (Å²) in [7, 11) is 1.51. The van der Waals surface area contributed by atoms with Gasteiger partial charge in [-0.25, -0.2) is 0 Å². The van der Waals surface area contributed by atoms with Crippen molar-refractivity contribution in [2.45, 2.75) is 18.6 Å². The van der Waals surface area contributed by atoms with Crippen LogP contribution in [0.4, 0.5) is 5.69 Å².